The standard InChI is InChI=1S/C18H15F6N5O2/c19-17(20,21)9-1-2-10(11(5-9)18(22,23)24)15-13-6-25-8-29(13)16(28-27-15)26-12-7-31-4-3-14(12)30/h1-2,5-6,8,12,14,30H,3-4,7H2,(H,26,28)/t12-,14-/m0/s1. The fourth-order valence-corrected chi connectivity index (χ4v) is 3.32. The van der Waals surface area contributed by atoms with E-state index in [2.05, 4.69) is 20.5 Å². The van der Waals surface area contributed by atoms with Crippen molar-refractivity contribution in [2.75, 3.05) is 18.5 Å². The lowest BCUT2D eigenvalue weighted by Gasteiger charge is -2.28. The third kappa shape index (κ3) is 4.14. The van der Waals surface area contributed by atoms with Crippen LogP contribution in [0.1, 0.15) is 17.5 Å². The van der Waals surface area contributed by atoms with Gasteiger partial charge in [-0.2, -0.15) is 26.3 Å². The minimum Gasteiger partial charge on any atom is -0.391 e. The zero-order chi connectivity index (χ0) is 22.4. The van der Waals surface area contributed by atoms with Crippen LogP contribution in [0.4, 0.5) is 32.3 Å². The zero-order valence-corrected chi connectivity index (χ0v) is 15.6. The van der Waals surface area contributed by atoms with Gasteiger partial charge in [0, 0.05) is 12.2 Å². The number of aromatic nitrogens is 4. The third-order valence-electron chi connectivity index (χ3n) is 4.90. The van der Waals surface area contributed by atoms with Crippen molar-refractivity contribution >= 4 is 11.5 Å². The Morgan fingerprint density at radius 2 is 1.87 bits per heavy atom. The summed E-state index contributed by atoms with van der Waals surface area (Å²) in [6.07, 6.45) is -7.86. The fourth-order valence-electron chi connectivity index (χ4n) is 3.32. The van der Waals surface area contributed by atoms with Crippen LogP contribution in [-0.4, -0.2) is 50.0 Å². The van der Waals surface area contributed by atoms with Gasteiger partial charge in [0.15, 0.2) is 0 Å². The van der Waals surface area contributed by atoms with E-state index < -0.39 is 41.2 Å². The molecule has 0 spiro atoms. The molecule has 2 aromatic heterocycles. The minimum absolute atomic E-state index is 0.0474. The van der Waals surface area contributed by atoms with Crippen molar-refractivity contribution in [3.8, 4) is 11.3 Å². The smallest absolute Gasteiger partial charge is 0.391 e. The van der Waals surface area contributed by atoms with Gasteiger partial charge in [0.1, 0.15) is 12.0 Å². The quantitative estimate of drug-likeness (QED) is 0.599. The van der Waals surface area contributed by atoms with Gasteiger partial charge in [0.05, 0.1) is 41.6 Å². The molecule has 1 fully saturated rings. The van der Waals surface area contributed by atoms with E-state index in [9.17, 15) is 31.4 Å². The second-order valence-corrected chi connectivity index (χ2v) is 6.96. The number of hydrogen-bond donors (Lipinski definition) is 2. The summed E-state index contributed by atoms with van der Waals surface area (Å²) in [5, 5.41) is 20.7. The van der Waals surface area contributed by atoms with Crippen molar-refractivity contribution in [3.63, 3.8) is 0 Å². The molecule has 0 amide bonds. The molecule has 0 radical (unpaired) electrons. The number of ether oxygens (including phenoxy) is 1. The number of aliphatic hydroxyl groups is 1. The largest absolute Gasteiger partial charge is 0.417 e. The Labute approximate surface area is 170 Å². The highest BCUT2D eigenvalue weighted by Gasteiger charge is 2.39. The Balaban J connectivity index is 1.80. The van der Waals surface area contributed by atoms with E-state index in [1.54, 1.807) is 0 Å². The monoisotopic (exact) mass is 447 g/mol. The molecule has 0 bridgehead atoms. The molecule has 1 aliphatic rings. The van der Waals surface area contributed by atoms with Gasteiger partial charge in [-0.1, -0.05) is 6.07 Å². The molecule has 4 rings (SSSR count). The van der Waals surface area contributed by atoms with Gasteiger partial charge in [-0.3, -0.25) is 4.40 Å². The van der Waals surface area contributed by atoms with Crippen LogP contribution in [0.15, 0.2) is 30.7 Å². The SMILES string of the molecule is O[C@H]1CCOC[C@@H]1Nc1nnc(-c2ccc(C(F)(F)F)cc2C(F)(F)F)c2cncn12. The summed E-state index contributed by atoms with van der Waals surface area (Å²) in [5.41, 5.74) is -3.67. The molecule has 0 unspecified atom stereocenters. The Kier molecular flexibility index (Phi) is 5.25. The molecule has 1 saturated heterocycles. The lowest BCUT2D eigenvalue weighted by atomic mass is 10.00. The van der Waals surface area contributed by atoms with Gasteiger partial charge in [-0.25, -0.2) is 4.98 Å². The number of alkyl halides is 6. The number of nitrogens with zero attached hydrogens (tertiary/aromatic N) is 4. The molecule has 31 heavy (non-hydrogen) atoms. The van der Waals surface area contributed by atoms with Crippen LogP contribution in [0.2, 0.25) is 0 Å². The molecule has 3 heterocycles. The van der Waals surface area contributed by atoms with Gasteiger partial charge in [0.25, 0.3) is 0 Å². The van der Waals surface area contributed by atoms with E-state index in [1.807, 2.05) is 0 Å². The second-order valence-electron chi connectivity index (χ2n) is 6.96. The molecular formula is C18H15F6N5O2. The topological polar surface area (TPSA) is 84.6 Å². The van der Waals surface area contributed by atoms with Gasteiger partial charge in [-0.05, 0) is 18.6 Å². The van der Waals surface area contributed by atoms with Crippen LogP contribution >= 0.6 is 0 Å². The highest BCUT2D eigenvalue weighted by Crippen LogP contribution is 2.41. The summed E-state index contributed by atoms with van der Waals surface area (Å²) >= 11 is 0. The molecule has 3 aromatic rings. The van der Waals surface area contributed by atoms with Crippen molar-refractivity contribution in [1.82, 2.24) is 19.6 Å². The van der Waals surface area contributed by atoms with E-state index in [4.69, 9.17) is 4.74 Å². The first-order valence-corrected chi connectivity index (χ1v) is 9.05. The van der Waals surface area contributed by atoms with Crippen LogP contribution in [0.3, 0.4) is 0 Å². The van der Waals surface area contributed by atoms with Crippen molar-refractivity contribution in [2.24, 2.45) is 0 Å². The second kappa shape index (κ2) is 7.64. The number of aliphatic hydroxyl groups excluding tert-OH is 1. The molecule has 0 saturated carbocycles. The predicted molar refractivity (Wildman–Crippen MR) is 95.1 cm³/mol. The number of nitrogens with one attached hydrogen (secondary N) is 1. The van der Waals surface area contributed by atoms with Crippen LogP contribution in [-0.2, 0) is 17.1 Å². The molecule has 0 aliphatic carbocycles. The molecule has 1 aromatic carbocycles. The van der Waals surface area contributed by atoms with E-state index >= 15 is 0 Å². The zero-order valence-electron chi connectivity index (χ0n) is 15.6. The molecular weight excluding hydrogens is 432 g/mol. The predicted octanol–water partition coefficient (Wildman–Crippen LogP) is 3.39. The maximum absolute atomic E-state index is 13.6. The molecule has 1 aliphatic heterocycles. The summed E-state index contributed by atoms with van der Waals surface area (Å²) in [6, 6.07) is 0.790. The number of anilines is 1. The van der Waals surface area contributed by atoms with Gasteiger partial charge in [-0.15, -0.1) is 10.2 Å². The van der Waals surface area contributed by atoms with Gasteiger partial charge < -0.3 is 15.2 Å². The van der Waals surface area contributed by atoms with Crippen LogP contribution in [0, 0.1) is 0 Å². The highest BCUT2D eigenvalue weighted by atomic mass is 19.4. The number of fused-ring (bicyclic) bond motifs is 1. The van der Waals surface area contributed by atoms with Crippen LogP contribution in [0.5, 0.6) is 0 Å². The Hall–Kier alpha value is -2.93. The summed E-state index contributed by atoms with van der Waals surface area (Å²) in [6.45, 7) is 0.566. The molecule has 166 valence electrons. The van der Waals surface area contributed by atoms with Crippen molar-refractivity contribution < 1.29 is 36.2 Å². The number of imidazole rings is 1. The fraction of sp³-hybridized carbons (Fsp3) is 0.389. The Morgan fingerprint density at radius 3 is 2.55 bits per heavy atom. The Bertz CT molecular complexity index is 1100. The summed E-state index contributed by atoms with van der Waals surface area (Å²) in [5.74, 6) is 0.0891. The number of benzene rings is 1. The maximum Gasteiger partial charge on any atom is 0.417 e. The first-order valence-electron chi connectivity index (χ1n) is 9.05. The lowest BCUT2D eigenvalue weighted by Crippen LogP contribution is -2.43. The third-order valence-corrected chi connectivity index (χ3v) is 4.90. The average molecular weight is 447 g/mol. The first-order chi connectivity index (χ1) is 14.6. The van der Waals surface area contributed by atoms with E-state index in [0.29, 0.717) is 25.2 Å². The van der Waals surface area contributed by atoms with E-state index in [0.717, 1.165) is 0 Å². The minimum atomic E-state index is -5.06. The van der Waals surface area contributed by atoms with Crippen molar-refractivity contribution in [2.45, 2.75) is 30.9 Å². The molecule has 13 heteroatoms. The van der Waals surface area contributed by atoms with Crippen molar-refractivity contribution in [1.29, 1.82) is 0 Å². The van der Waals surface area contributed by atoms with E-state index in [1.165, 1.54) is 16.9 Å². The van der Waals surface area contributed by atoms with Gasteiger partial charge in [0.2, 0.25) is 5.95 Å². The number of rotatable bonds is 3. The summed E-state index contributed by atoms with van der Waals surface area (Å²) in [4.78, 5) is 3.90. The Morgan fingerprint density at radius 1 is 1.10 bits per heavy atom. The molecule has 7 nitrogen and oxygen atoms in total. The van der Waals surface area contributed by atoms with Gasteiger partial charge >= 0.3 is 12.4 Å². The molecule has 2 N–H and O–H groups in total. The van der Waals surface area contributed by atoms with Crippen molar-refractivity contribution in [3.05, 3.63) is 41.9 Å². The average Bonchev–Trinajstić information content (AvgIpc) is 3.18. The first kappa shape index (κ1) is 21.3. The summed E-state index contributed by atoms with van der Waals surface area (Å²) in [7, 11) is 0. The normalized spacial score (nSPS) is 20.2. The van der Waals surface area contributed by atoms with Crippen LogP contribution < -0.4 is 5.32 Å². The maximum atomic E-state index is 13.6. The number of hydrogen-bond acceptors (Lipinski definition) is 6. The molecule has 2 atom stereocenters. The lowest BCUT2D eigenvalue weighted by molar-refractivity contribution is -0.142. The highest BCUT2D eigenvalue weighted by molar-refractivity contribution is 5.79. The number of halogens is 6. The van der Waals surface area contributed by atoms with E-state index in [-0.39, 0.29) is 29.8 Å². The summed E-state index contributed by atoms with van der Waals surface area (Å²) < 4.78 is 86.2. The van der Waals surface area contributed by atoms with Crippen LogP contribution in [0.25, 0.3) is 16.8 Å².